The lowest BCUT2D eigenvalue weighted by atomic mass is 9.77. The van der Waals surface area contributed by atoms with E-state index < -0.39 is 0 Å². The Bertz CT molecular complexity index is 159. The van der Waals surface area contributed by atoms with Crippen LogP contribution in [0.25, 0.3) is 0 Å². The second kappa shape index (κ2) is 7.24. The van der Waals surface area contributed by atoms with Gasteiger partial charge in [0.15, 0.2) is 0 Å². The average molecular weight is 213 g/mol. The summed E-state index contributed by atoms with van der Waals surface area (Å²) in [6, 6.07) is 0.747. The molecular weight excluding hydrogens is 186 g/mol. The Kier molecular flexibility index (Phi) is 6.26. The second-order valence-electron chi connectivity index (χ2n) is 5.02. The molecule has 1 N–H and O–H groups in total. The first-order valence-electron chi connectivity index (χ1n) is 6.50. The van der Waals surface area contributed by atoms with Crippen LogP contribution in [0.5, 0.6) is 0 Å². The summed E-state index contributed by atoms with van der Waals surface area (Å²) >= 11 is 0. The Morgan fingerprint density at radius 3 is 2.80 bits per heavy atom. The smallest absolute Gasteiger partial charge is 0.0465 e. The molecule has 1 fully saturated rings. The van der Waals surface area contributed by atoms with Gasteiger partial charge in [-0.2, -0.15) is 0 Å². The predicted molar refractivity (Wildman–Crippen MR) is 65.1 cm³/mol. The number of hydrogen-bond donors (Lipinski definition) is 1. The van der Waals surface area contributed by atoms with Crippen LogP contribution in [-0.2, 0) is 4.74 Å². The van der Waals surface area contributed by atoms with Crippen LogP contribution >= 0.6 is 0 Å². The minimum Gasteiger partial charge on any atom is -0.385 e. The molecule has 3 unspecified atom stereocenters. The van der Waals surface area contributed by atoms with E-state index >= 15 is 0 Å². The highest BCUT2D eigenvalue weighted by atomic mass is 16.5. The van der Waals surface area contributed by atoms with E-state index in [4.69, 9.17) is 4.74 Å². The minimum atomic E-state index is 0.747. The Balaban J connectivity index is 2.35. The van der Waals surface area contributed by atoms with Crippen LogP contribution in [0.15, 0.2) is 0 Å². The Hall–Kier alpha value is -0.0800. The molecule has 0 aromatic carbocycles. The molecule has 2 nitrogen and oxygen atoms in total. The van der Waals surface area contributed by atoms with Gasteiger partial charge in [-0.05, 0) is 50.5 Å². The summed E-state index contributed by atoms with van der Waals surface area (Å²) in [5, 5.41) is 3.70. The molecule has 90 valence electrons. The van der Waals surface area contributed by atoms with Crippen molar-refractivity contribution in [3.63, 3.8) is 0 Å². The maximum atomic E-state index is 5.20. The molecule has 1 aliphatic rings. The van der Waals surface area contributed by atoms with Gasteiger partial charge in [0.05, 0.1) is 0 Å². The van der Waals surface area contributed by atoms with Crippen molar-refractivity contribution in [1.29, 1.82) is 0 Å². The standard InChI is InChI=1S/C13H27NO/c1-4-8-14-13-6-5-11(2)10-12(13)7-9-15-3/h11-14H,4-10H2,1-3H3. The molecule has 3 atom stereocenters. The van der Waals surface area contributed by atoms with Crippen molar-refractivity contribution in [3.8, 4) is 0 Å². The average Bonchev–Trinajstić information content (AvgIpc) is 2.25. The lowest BCUT2D eigenvalue weighted by Crippen LogP contribution is -2.41. The fraction of sp³-hybridized carbons (Fsp3) is 1.00. The molecule has 0 heterocycles. The van der Waals surface area contributed by atoms with Crippen molar-refractivity contribution in [3.05, 3.63) is 0 Å². The van der Waals surface area contributed by atoms with E-state index in [2.05, 4.69) is 19.2 Å². The largest absolute Gasteiger partial charge is 0.385 e. The van der Waals surface area contributed by atoms with Crippen molar-refractivity contribution < 1.29 is 4.74 Å². The lowest BCUT2D eigenvalue weighted by Gasteiger charge is -2.35. The van der Waals surface area contributed by atoms with Crippen LogP contribution < -0.4 is 5.32 Å². The van der Waals surface area contributed by atoms with Gasteiger partial charge in [0.2, 0.25) is 0 Å². The zero-order valence-electron chi connectivity index (χ0n) is 10.6. The molecule has 1 rings (SSSR count). The molecule has 2 heteroatoms. The summed E-state index contributed by atoms with van der Waals surface area (Å²) in [6.07, 6.45) is 6.59. The van der Waals surface area contributed by atoms with E-state index in [1.165, 1.54) is 38.6 Å². The zero-order chi connectivity index (χ0) is 11.1. The third-order valence-electron chi connectivity index (χ3n) is 3.59. The van der Waals surface area contributed by atoms with Crippen molar-refractivity contribution >= 4 is 0 Å². The lowest BCUT2D eigenvalue weighted by molar-refractivity contribution is 0.135. The number of methoxy groups -OCH3 is 1. The monoisotopic (exact) mass is 213 g/mol. The molecule has 0 spiro atoms. The van der Waals surface area contributed by atoms with Crippen molar-refractivity contribution in [2.75, 3.05) is 20.3 Å². The SMILES string of the molecule is CCCNC1CCC(C)CC1CCOC. The van der Waals surface area contributed by atoms with Gasteiger partial charge in [0.1, 0.15) is 0 Å². The summed E-state index contributed by atoms with van der Waals surface area (Å²) in [7, 11) is 1.81. The first-order valence-corrected chi connectivity index (χ1v) is 6.50. The highest BCUT2D eigenvalue weighted by Gasteiger charge is 2.27. The minimum absolute atomic E-state index is 0.747. The zero-order valence-corrected chi connectivity index (χ0v) is 10.6. The summed E-state index contributed by atoms with van der Waals surface area (Å²) in [5.74, 6) is 1.74. The normalized spacial score (nSPS) is 31.8. The highest BCUT2D eigenvalue weighted by Crippen LogP contribution is 2.31. The van der Waals surface area contributed by atoms with Crippen LogP contribution in [0.4, 0.5) is 0 Å². The van der Waals surface area contributed by atoms with Gasteiger partial charge in [-0.15, -0.1) is 0 Å². The third kappa shape index (κ3) is 4.52. The van der Waals surface area contributed by atoms with Gasteiger partial charge in [0, 0.05) is 19.8 Å². The summed E-state index contributed by atoms with van der Waals surface area (Å²) < 4.78 is 5.20. The molecule has 0 radical (unpaired) electrons. The van der Waals surface area contributed by atoms with Crippen molar-refractivity contribution in [1.82, 2.24) is 5.32 Å². The molecule has 0 aliphatic heterocycles. The fourth-order valence-corrected chi connectivity index (χ4v) is 2.69. The topological polar surface area (TPSA) is 21.3 Å². The first kappa shape index (κ1) is 13.0. The summed E-state index contributed by atoms with van der Waals surface area (Å²) in [5.41, 5.74) is 0. The number of ether oxygens (including phenoxy) is 1. The van der Waals surface area contributed by atoms with Crippen molar-refractivity contribution in [2.45, 2.75) is 52.0 Å². The first-order chi connectivity index (χ1) is 7.27. The predicted octanol–water partition coefficient (Wildman–Crippen LogP) is 2.83. The van der Waals surface area contributed by atoms with Crippen molar-refractivity contribution in [2.24, 2.45) is 11.8 Å². The molecule has 0 aromatic heterocycles. The Morgan fingerprint density at radius 2 is 2.13 bits per heavy atom. The molecule has 1 aliphatic carbocycles. The number of rotatable bonds is 6. The van der Waals surface area contributed by atoms with Crippen LogP contribution in [-0.4, -0.2) is 26.3 Å². The van der Waals surface area contributed by atoms with Gasteiger partial charge >= 0.3 is 0 Å². The van der Waals surface area contributed by atoms with Crippen LogP contribution in [0.2, 0.25) is 0 Å². The van der Waals surface area contributed by atoms with Crippen LogP contribution in [0, 0.1) is 11.8 Å². The number of hydrogen-bond acceptors (Lipinski definition) is 2. The fourth-order valence-electron chi connectivity index (χ4n) is 2.69. The molecule has 0 bridgehead atoms. The molecule has 0 aromatic rings. The summed E-state index contributed by atoms with van der Waals surface area (Å²) in [6.45, 7) is 6.71. The molecular formula is C13H27NO. The maximum absolute atomic E-state index is 5.20. The van der Waals surface area contributed by atoms with Gasteiger partial charge < -0.3 is 10.1 Å². The van der Waals surface area contributed by atoms with Gasteiger partial charge in [-0.25, -0.2) is 0 Å². The van der Waals surface area contributed by atoms with Gasteiger partial charge in [-0.3, -0.25) is 0 Å². The second-order valence-corrected chi connectivity index (χ2v) is 5.02. The molecule has 0 amide bonds. The molecule has 1 saturated carbocycles. The maximum Gasteiger partial charge on any atom is 0.0465 e. The quantitative estimate of drug-likeness (QED) is 0.732. The van der Waals surface area contributed by atoms with Gasteiger partial charge in [-0.1, -0.05) is 13.8 Å². The van der Waals surface area contributed by atoms with E-state index in [1.807, 2.05) is 0 Å². The highest BCUT2D eigenvalue weighted by molar-refractivity contribution is 4.83. The molecule has 15 heavy (non-hydrogen) atoms. The Labute approximate surface area is 94.8 Å². The summed E-state index contributed by atoms with van der Waals surface area (Å²) in [4.78, 5) is 0. The third-order valence-corrected chi connectivity index (χ3v) is 3.59. The Morgan fingerprint density at radius 1 is 1.33 bits per heavy atom. The van der Waals surface area contributed by atoms with E-state index in [1.54, 1.807) is 7.11 Å². The molecule has 0 saturated heterocycles. The van der Waals surface area contributed by atoms with E-state index in [0.29, 0.717) is 0 Å². The van der Waals surface area contributed by atoms with E-state index in [9.17, 15) is 0 Å². The van der Waals surface area contributed by atoms with Crippen LogP contribution in [0.1, 0.15) is 46.0 Å². The van der Waals surface area contributed by atoms with E-state index in [0.717, 1.165) is 24.5 Å². The van der Waals surface area contributed by atoms with E-state index in [-0.39, 0.29) is 0 Å². The van der Waals surface area contributed by atoms with Gasteiger partial charge in [0.25, 0.3) is 0 Å². The van der Waals surface area contributed by atoms with Crippen LogP contribution in [0.3, 0.4) is 0 Å². The number of nitrogens with one attached hydrogen (secondary N) is 1.